The topological polar surface area (TPSA) is 83.8 Å². The van der Waals surface area contributed by atoms with E-state index in [4.69, 9.17) is 4.18 Å². The lowest BCUT2D eigenvalue weighted by molar-refractivity contribution is 0.460. The predicted molar refractivity (Wildman–Crippen MR) is 130 cm³/mol. The van der Waals surface area contributed by atoms with Crippen molar-refractivity contribution in [1.29, 1.82) is 0 Å². The lowest BCUT2D eigenvalue weighted by atomic mass is 10.0. The number of aromatic hydroxyl groups is 2. The van der Waals surface area contributed by atoms with Crippen molar-refractivity contribution >= 4 is 73.8 Å². The van der Waals surface area contributed by atoms with Gasteiger partial charge in [0.15, 0.2) is 0 Å². The number of phenols is 2. The molecule has 3 aromatic rings. The normalized spacial score (nSPS) is 11.5. The molecule has 158 valence electrons. The van der Waals surface area contributed by atoms with Crippen molar-refractivity contribution in [2.24, 2.45) is 0 Å². The maximum atomic E-state index is 13.2. The van der Waals surface area contributed by atoms with E-state index in [1.165, 1.54) is 12.1 Å². The van der Waals surface area contributed by atoms with Gasteiger partial charge in [-0.25, -0.2) is 0 Å². The summed E-state index contributed by atoms with van der Waals surface area (Å²) in [7, 11) is -4.23. The third-order valence-electron chi connectivity index (χ3n) is 4.48. The Morgan fingerprint density at radius 3 is 1.97 bits per heavy atom. The summed E-state index contributed by atoms with van der Waals surface area (Å²) in [6.07, 6.45) is 0. The van der Waals surface area contributed by atoms with Gasteiger partial charge in [-0.1, -0.05) is 18.2 Å². The Kier molecular flexibility index (Phi) is 6.93. The van der Waals surface area contributed by atoms with Crippen LogP contribution in [-0.2, 0) is 10.1 Å². The molecule has 0 fully saturated rings. The zero-order valence-electron chi connectivity index (χ0n) is 15.5. The molecule has 0 aliphatic carbocycles. The first-order chi connectivity index (χ1) is 14.0. The van der Waals surface area contributed by atoms with Gasteiger partial charge in [0.05, 0.1) is 17.9 Å². The zero-order chi connectivity index (χ0) is 22.4. The van der Waals surface area contributed by atoms with Gasteiger partial charge in [-0.15, -0.1) is 0 Å². The number of phenolic OH excluding ortho intramolecular Hbond substituents is 2. The van der Waals surface area contributed by atoms with Crippen LogP contribution in [0.25, 0.3) is 11.1 Å². The van der Waals surface area contributed by atoms with Crippen LogP contribution in [-0.4, -0.2) is 18.6 Å². The Labute approximate surface area is 207 Å². The molecule has 0 amide bonds. The van der Waals surface area contributed by atoms with Gasteiger partial charge in [0.1, 0.15) is 22.1 Å². The molecule has 0 aliphatic rings. The largest absolute Gasteiger partial charge is 0.506 e. The van der Waals surface area contributed by atoms with Crippen LogP contribution in [0.4, 0.5) is 0 Å². The minimum Gasteiger partial charge on any atom is -0.506 e. The number of halogens is 4. The fraction of sp³-hybridized carbons (Fsp3) is 0.100. The molecule has 0 bridgehead atoms. The molecule has 0 radical (unpaired) electrons. The molecule has 3 rings (SSSR count). The molecule has 0 atom stereocenters. The molecule has 0 heterocycles. The van der Waals surface area contributed by atoms with Gasteiger partial charge in [0.2, 0.25) is 0 Å². The number of benzene rings is 3. The van der Waals surface area contributed by atoms with Crippen molar-refractivity contribution in [3.8, 4) is 28.4 Å². The fourth-order valence-electron chi connectivity index (χ4n) is 2.82. The van der Waals surface area contributed by atoms with Crippen LogP contribution >= 0.6 is 63.7 Å². The SMILES string of the molecule is Cc1c(OS(=O)(=O)c2ccccc2-c2cc(Br)c(O)c(Br)c2C)cc(Br)c(O)c1Br. The molecule has 5 nitrogen and oxygen atoms in total. The second-order valence-corrected chi connectivity index (χ2v) is 11.2. The molecule has 10 heteroatoms. The van der Waals surface area contributed by atoms with E-state index in [0.29, 0.717) is 40.1 Å². The predicted octanol–water partition coefficient (Wildman–Crippen LogP) is 7.20. The minimum absolute atomic E-state index is 0.0299. The number of hydrogen-bond donors (Lipinski definition) is 2. The van der Waals surface area contributed by atoms with E-state index >= 15 is 0 Å². The molecule has 3 aromatic carbocycles. The lowest BCUT2D eigenvalue weighted by Crippen LogP contribution is -2.12. The van der Waals surface area contributed by atoms with E-state index in [2.05, 4.69) is 63.7 Å². The summed E-state index contributed by atoms with van der Waals surface area (Å²) in [6.45, 7) is 3.40. The molecule has 0 spiro atoms. The van der Waals surface area contributed by atoms with E-state index < -0.39 is 10.1 Å². The third-order valence-corrected chi connectivity index (χ3v) is 8.92. The highest BCUT2D eigenvalue weighted by atomic mass is 79.9. The van der Waals surface area contributed by atoms with Crippen molar-refractivity contribution in [2.45, 2.75) is 18.7 Å². The fourth-order valence-corrected chi connectivity index (χ4v) is 6.22. The summed E-state index contributed by atoms with van der Waals surface area (Å²) in [5.41, 5.74) is 2.14. The average Bonchev–Trinajstić information content (AvgIpc) is 2.71. The average molecular weight is 686 g/mol. The van der Waals surface area contributed by atoms with Crippen LogP contribution in [0.1, 0.15) is 11.1 Å². The van der Waals surface area contributed by atoms with Crippen LogP contribution in [0.5, 0.6) is 17.2 Å². The second kappa shape index (κ2) is 8.82. The Morgan fingerprint density at radius 1 is 0.800 bits per heavy atom. The van der Waals surface area contributed by atoms with Crippen molar-refractivity contribution in [1.82, 2.24) is 0 Å². The van der Waals surface area contributed by atoms with Gasteiger partial charge in [0.25, 0.3) is 0 Å². The lowest BCUT2D eigenvalue weighted by Gasteiger charge is -2.17. The van der Waals surface area contributed by atoms with Crippen LogP contribution in [0.3, 0.4) is 0 Å². The maximum Gasteiger partial charge on any atom is 0.339 e. The highest BCUT2D eigenvalue weighted by molar-refractivity contribution is 9.11. The Hall–Kier alpha value is -1.07. The molecule has 0 aliphatic heterocycles. The summed E-state index contributed by atoms with van der Waals surface area (Å²) in [4.78, 5) is -0.0303. The molecule has 30 heavy (non-hydrogen) atoms. The zero-order valence-corrected chi connectivity index (χ0v) is 22.7. The van der Waals surface area contributed by atoms with Gasteiger partial charge in [0, 0.05) is 17.2 Å². The highest BCUT2D eigenvalue weighted by Gasteiger charge is 2.25. The van der Waals surface area contributed by atoms with Crippen molar-refractivity contribution in [2.75, 3.05) is 0 Å². The van der Waals surface area contributed by atoms with Crippen LogP contribution in [0.15, 0.2) is 59.2 Å². The monoisotopic (exact) mass is 682 g/mol. The Bertz CT molecular complexity index is 1270. The molecule has 0 unspecified atom stereocenters. The summed E-state index contributed by atoms with van der Waals surface area (Å²) in [5, 5.41) is 20.1. The van der Waals surface area contributed by atoms with Crippen LogP contribution in [0.2, 0.25) is 0 Å². The Morgan fingerprint density at radius 2 is 1.33 bits per heavy atom. The van der Waals surface area contributed by atoms with Crippen LogP contribution < -0.4 is 4.18 Å². The summed E-state index contributed by atoms with van der Waals surface area (Å²) < 4.78 is 33.4. The number of rotatable bonds is 4. The van der Waals surface area contributed by atoms with E-state index in [0.717, 1.165) is 0 Å². The minimum atomic E-state index is -4.23. The second-order valence-electron chi connectivity index (χ2n) is 6.37. The Balaban J connectivity index is 2.18. The summed E-state index contributed by atoms with van der Waals surface area (Å²) >= 11 is 13.1. The van der Waals surface area contributed by atoms with Gasteiger partial charge in [-0.05, 0) is 101 Å². The molecule has 2 N–H and O–H groups in total. The first-order valence-electron chi connectivity index (χ1n) is 8.34. The smallest absolute Gasteiger partial charge is 0.339 e. The highest BCUT2D eigenvalue weighted by Crippen LogP contribution is 2.44. The molecular weight excluding hydrogens is 672 g/mol. The van der Waals surface area contributed by atoms with Crippen molar-refractivity contribution in [3.05, 3.63) is 65.4 Å². The molecule has 0 aromatic heterocycles. The molecule has 0 saturated carbocycles. The van der Waals surface area contributed by atoms with Crippen molar-refractivity contribution < 1.29 is 22.8 Å². The summed E-state index contributed by atoms with van der Waals surface area (Å²) in [6, 6.07) is 9.51. The third kappa shape index (κ3) is 4.29. The van der Waals surface area contributed by atoms with E-state index in [1.54, 1.807) is 38.1 Å². The van der Waals surface area contributed by atoms with Crippen molar-refractivity contribution in [3.63, 3.8) is 0 Å². The maximum absolute atomic E-state index is 13.2. The first-order valence-corrected chi connectivity index (χ1v) is 12.9. The first kappa shape index (κ1) is 23.6. The van der Waals surface area contributed by atoms with E-state index in [1.807, 2.05) is 0 Å². The molecular formula is C20H14Br4O5S. The standard InChI is InChI=1S/C20H14Br4O5S/c1-9-12(7-13(21)19(25)17(9)23)11-5-3-4-6-16(11)30(27,28)29-15-8-14(22)20(26)18(24)10(15)2/h3-8,25-26H,1-2H3. The summed E-state index contributed by atoms with van der Waals surface area (Å²) in [5.74, 6) is 0.0560. The van der Waals surface area contributed by atoms with E-state index in [9.17, 15) is 18.6 Å². The van der Waals surface area contributed by atoms with Gasteiger partial charge in [-0.3, -0.25) is 0 Å². The van der Waals surface area contributed by atoms with Gasteiger partial charge in [-0.2, -0.15) is 8.42 Å². The number of hydrogen-bond acceptors (Lipinski definition) is 5. The van der Waals surface area contributed by atoms with E-state index in [-0.39, 0.29) is 22.1 Å². The van der Waals surface area contributed by atoms with Gasteiger partial charge >= 0.3 is 10.1 Å². The molecule has 0 saturated heterocycles. The van der Waals surface area contributed by atoms with Crippen LogP contribution in [0, 0.1) is 13.8 Å². The van der Waals surface area contributed by atoms with Gasteiger partial charge < -0.3 is 14.4 Å². The quantitative estimate of drug-likeness (QED) is 0.284.